The Morgan fingerprint density at radius 2 is 1.69 bits per heavy atom. The Labute approximate surface area is 307 Å². The zero-order chi connectivity index (χ0) is 37.1. The molecule has 3 heterocycles. The Morgan fingerprint density at radius 3 is 2.40 bits per heavy atom. The molecular formula is C42H54N6O4. The normalized spacial score (nSPS) is 14.1. The van der Waals surface area contributed by atoms with Crippen LogP contribution in [0.1, 0.15) is 109 Å². The minimum Gasteiger partial charge on any atom is -0.488 e. The number of aromatic nitrogens is 4. The van der Waals surface area contributed by atoms with Gasteiger partial charge in [-0.1, -0.05) is 45.9 Å². The van der Waals surface area contributed by atoms with Crippen LogP contribution in [0.5, 0.6) is 5.75 Å². The third kappa shape index (κ3) is 7.18. The average molecular weight is 707 g/mol. The van der Waals surface area contributed by atoms with Crippen LogP contribution in [0, 0.1) is 6.92 Å². The lowest BCUT2D eigenvalue weighted by Crippen LogP contribution is -2.42. The second-order valence-electron chi connectivity index (χ2n) is 14.2. The first-order valence-corrected chi connectivity index (χ1v) is 19.0. The van der Waals surface area contributed by atoms with Crippen LogP contribution in [0.3, 0.4) is 0 Å². The molecule has 52 heavy (non-hydrogen) atoms. The molecule has 10 nitrogen and oxygen atoms in total. The number of nitrogens with one attached hydrogen (secondary N) is 2. The van der Waals surface area contributed by atoms with Crippen molar-refractivity contribution >= 4 is 33.6 Å². The highest BCUT2D eigenvalue weighted by Crippen LogP contribution is 2.43. The Hall–Kier alpha value is -4.70. The minimum absolute atomic E-state index is 0.0148. The summed E-state index contributed by atoms with van der Waals surface area (Å²) < 4.78 is 11.9. The number of amides is 2. The minimum atomic E-state index is -0.161. The number of methoxy groups -OCH3 is 1. The molecule has 1 aliphatic rings. The van der Waals surface area contributed by atoms with Crippen LogP contribution >= 0.6 is 0 Å². The van der Waals surface area contributed by atoms with Crippen LogP contribution in [0.25, 0.3) is 44.2 Å². The van der Waals surface area contributed by atoms with Gasteiger partial charge >= 0.3 is 0 Å². The maximum absolute atomic E-state index is 13.2. The molecule has 10 heteroatoms. The topological polar surface area (TPSA) is 116 Å². The highest BCUT2D eigenvalue weighted by Gasteiger charge is 2.29. The number of aryl methyl sites for hydroxylation is 1. The molecule has 2 N–H and O–H groups in total. The van der Waals surface area contributed by atoms with Gasteiger partial charge in [0.1, 0.15) is 24.0 Å². The summed E-state index contributed by atoms with van der Waals surface area (Å²) in [4.78, 5) is 47.1. The molecule has 1 aliphatic heterocycles. The van der Waals surface area contributed by atoms with Gasteiger partial charge in [0.05, 0.1) is 47.7 Å². The number of ether oxygens (including phenoxy) is 2. The number of hydrogen-bond donors (Lipinski definition) is 2. The molecule has 0 unspecified atom stereocenters. The lowest BCUT2D eigenvalue weighted by atomic mass is 9.92. The molecule has 0 aliphatic carbocycles. The molecule has 6 rings (SSSR count). The third-order valence-electron chi connectivity index (χ3n) is 10.6. The molecule has 2 aromatic heterocycles. The summed E-state index contributed by atoms with van der Waals surface area (Å²) >= 11 is 0. The summed E-state index contributed by atoms with van der Waals surface area (Å²) in [5, 5.41) is 2.11. The number of H-pyrrole nitrogens is 2. The first kappa shape index (κ1) is 37.1. The lowest BCUT2D eigenvalue weighted by molar-refractivity contribution is -0.136. The maximum Gasteiger partial charge on any atom is 0.223 e. The molecule has 3 atom stereocenters. The number of hydrogen-bond acceptors (Lipinski definition) is 6. The van der Waals surface area contributed by atoms with E-state index in [2.05, 4.69) is 74.1 Å². The van der Waals surface area contributed by atoms with E-state index in [-0.39, 0.29) is 29.9 Å². The second kappa shape index (κ2) is 15.9. The summed E-state index contributed by atoms with van der Waals surface area (Å²) in [6.45, 7) is 15.8. The molecular weight excluding hydrogens is 653 g/mol. The van der Waals surface area contributed by atoms with Crippen LogP contribution in [0.4, 0.5) is 0 Å². The number of benzene rings is 3. The van der Waals surface area contributed by atoms with Crippen LogP contribution in [0.2, 0.25) is 0 Å². The van der Waals surface area contributed by atoms with Gasteiger partial charge < -0.3 is 29.2 Å². The van der Waals surface area contributed by atoms with Crippen molar-refractivity contribution in [2.45, 2.75) is 118 Å². The molecule has 5 aromatic rings. The first-order chi connectivity index (χ1) is 25.1. The Bertz CT molecular complexity index is 2060. The lowest BCUT2D eigenvalue weighted by Gasteiger charge is -2.33. The summed E-state index contributed by atoms with van der Waals surface area (Å²) in [6, 6.07) is 14.9. The molecule has 0 spiro atoms. The van der Waals surface area contributed by atoms with Crippen LogP contribution in [-0.2, 0) is 27.5 Å². The number of aromatic amines is 2. The van der Waals surface area contributed by atoms with Crippen molar-refractivity contribution in [2.24, 2.45) is 0 Å². The van der Waals surface area contributed by atoms with Crippen LogP contribution in [-0.4, -0.2) is 67.4 Å². The smallest absolute Gasteiger partial charge is 0.223 e. The monoisotopic (exact) mass is 706 g/mol. The fourth-order valence-corrected chi connectivity index (χ4v) is 7.61. The Morgan fingerprint density at radius 1 is 0.923 bits per heavy atom. The molecule has 0 bridgehead atoms. The zero-order valence-corrected chi connectivity index (χ0v) is 32.1. The van der Waals surface area contributed by atoms with Gasteiger partial charge in [-0.15, -0.1) is 0 Å². The van der Waals surface area contributed by atoms with Gasteiger partial charge in [-0.3, -0.25) is 9.59 Å². The van der Waals surface area contributed by atoms with E-state index in [0.29, 0.717) is 32.6 Å². The standard InChI is InChI=1S/C42H54N6O4/c1-9-13-38(49)47(31(12-4)24-51-8)22-37-44-35-18-16-28-20-34-32-17-15-29(19-30(32)23-52-36(34)21-33(28)41(35)45-37)40-26(6)43-42(46-40)27(7)48(25(5)11-3)39(50)14-10-2/h15-21,25,27,31H,9-14,22-24H2,1-8H3,(H,43,46)(H,44,45)/t25-,27-,31+/m0/s1. The van der Waals surface area contributed by atoms with Gasteiger partial charge in [0, 0.05) is 42.5 Å². The van der Waals surface area contributed by atoms with E-state index in [9.17, 15) is 9.59 Å². The molecule has 3 aromatic carbocycles. The number of carbonyl (C=O) groups is 2. The van der Waals surface area contributed by atoms with E-state index in [1.54, 1.807) is 7.11 Å². The number of rotatable bonds is 15. The molecule has 0 radical (unpaired) electrons. The summed E-state index contributed by atoms with van der Waals surface area (Å²) in [5.41, 5.74) is 8.00. The van der Waals surface area contributed by atoms with Gasteiger partial charge in [0.25, 0.3) is 0 Å². The van der Waals surface area contributed by atoms with Crippen molar-refractivity contribution in [2.75, 3.05) is 13.7 Å². The maximum atomic E-state index is 13.2. The quantitative estimate of drug-likeness (QED) is 0.112. The first-order valence-electron chi connectivity index (χ1n) is 19.0. The molecule has 276 valence electrons. The highest BCUT2D eigenvalue weighted by atomic mass is 16.5. The van der Waals surface area contributed by atoms with Crippen LogP contribution < -0.4 is 4.74 Å². The fourth-order valence-electron chi connectivity index (χ4n) is 7.61. The van der Waals surface area contributed by atoms with Gasteiger partial charge in [-0.05, 0) is 87.2 Å². The second-order valence-corrected chi connectivity index (χ2v) is 14.2. The molecule has 0 saturated carbocycles. The summed E-state index contributed by atoms with van der Waals surface area (Å²) in [6.07, 6.45) is 4.33. The van der Waals surface area contributed by atoms with Crippen molar-refractivity contribution in [3.05, 3.63) is 65.4 Å². The number of imidazole rings is 2. The van der Waals surface area contributed by atoms with E-state index < -0.39 is 0 Å². The van der Waals surface area contributed by atoms with Crippen molar-refractivity contribution in [1.29, 1.82) is 0 Å². The van der Waals surface area contributed by atoms with E-state index in [4.69, 9.17) is 19.4 Å². The summed E-state index contributed by atoms with van der Waals surface area (Å²) in [7, 11) is 1.68. The predicted octanol–water partition coefficient (Wildman–Crippen LogP) is 9.02. The number of fused-ring (bicyclic) bond motifs is 6. The number of carbonyl (C=O) groups excluding carboxylic acids is 2. The van der Waals surface area contributed by atoms with Gasteiger partial charge in [0.15, 0.2) is 0 Å². The highest BCUT2D eigenvalue weighted by molar-refractivity contribution is 6.07. The largest absolute Gasteiger partial charge is 0.488 e. The third-order valence-corrected chi connectivity index (χ3v) is 10.6. The van der Waals surface area contributed by atoms with Crippen molar-refractivity contribution in [3.8, 4) is 28.1 Å². The van der Waals surface area contributed by atoms with E-state index in [1.165, 1.54) is 0 Å². The van der Waals surface area contributed by atoms with Crippen molar-refractivity contribution in [3.63, 3.8) is 0 Å². The van der Waals surface area contributed by atoms with E-state index in [0.717, 1.165) is 98.5 Å². The fraction of sp³-hybridized carbons (Fsp3) is 0.476. The van der Waals surface area contributed by atoms with E-state index in [1.807, 2.05) is 36.6 Å². The van der Waals surface area contributed by atoms with Gasteiger partial charge in [-0.2, -0.15) is 0 Å². The number of nitrogens with zero attached hydrogens (tertiary/aromatic N) is 4. The Balaban J connectivity index is 1.30. The molecule has 2 amide bonds. The average Bonchev–Trinajstić information content (AvgIpc) is 3.75. The zero-order valence-electron chi connectivity index (χ0n) is 32.1. The molecule has 0 fully saturated rings. The predicted molar refractivity (Wildman–Crippen MR) is 207 cm³/mol. The summed E-state index contributed by atoms with van der Waals surface area (Å²) in [5.74, 6) is 2.67. The van der Waals surface area contributed by atoms with Crippen molar-refractivity contribution < 1.29 is 19.1 Å². The van der Waals surface area contributed by atoms with E-state index >= 15 is 0 Å². The molecule has 0 saturated heterocycles. The SMILES string of the molecule is CCCC(=O)N(Cc1nc2ccc3cc4c(cc3c2[nH]1)OCc1cc(-c2[nH]c([C@H](C)N(C(=O)CCC)[C@@H](C)CC)nc2C)ccc1-4)[C@H](CC)COC. The van der Waals surface area contributed by atoms with Crippen molar-refractivity contribution in [1.82, 2.24) is 29.7 Å². The van der Waals surface area contributed by atoms with Gasteiger partial charge in [-0.25, -0.2) is 9.97 Å². The Kier molecular flexibility index (Phi) is 11.3. The van der Waals surface area contributed by atoms with Gasteiger partial charge in [0.2, 0.25) is 11.8 Å². The van der Waals surface area contributed by atoms with Crippen LogP contribution in [0.15, 0.2) is 42.5 Å².